The Morgan fingerprint density at radius 3 is 2.56 bits per heavy atom. The number of thioether (sulfide) groups is 1. The van der Waals surface area contributed by atoms with Crippen LogP contribution in [0.2, 0.25) is 25.7 Å². The Kier molecular flexibility index (Phi) is 9.71. The minimum atomic E-state index is -3.58. The van der Waals surface area contributed by atoms with Crippen LogP contribution < -0.4 is 9.46 Å². The second kappa shape index (κ2) is 13.0. The van der Waals surface area contributed by atoms with Crippen LogP contribution in [0.25, 0.3) is 6.08 Å². The molecule has 0 saturated heterocycles. The summed E-state index contributed by atoms with van der Waals surface area (Å²) in [5.74, 6) is 0.908. The Morgan fingerprint density at radius 2 is 1.79 bits per heavy atom. The van der Waals surface area contributed by atoms with Crippen molar-refractivity contribution in [3.05, 3.63) is 106 Å². The summed E-state index contributed by atoms with van der Waals surface area (Å²) in [6.07, 6.45) is 1.58. The molecule has 0 bridgehead atoms. The summed E-state index contributed by atoms with van der Waals surface area (Å²) in [5.41, 5.74) is 4.36. The number of fused-ring (bicyclic) bond motifs is 2. The lowest BCUT2D eigenvalue weighted by Crippen LogP contribution is -2.24. The fraction of sp³-hybridized carbons (Fsp3) is 0.300. The molecule has 0 saturated carbocycles. The zero-order valence-corrected chi connectivity index (χ0v) is 25.2. The van der Waals surface area contributed by atoms with Gasteiger partial charge in [-0.1, -0.05) is 74.2 Å². The van der Waals surface area contributed by atoms with Crippen LogP contribution >= 0.6 is 11.8 Å². The lowest BCUT2D eigenvalue weighted by molar-refractivity contribution is 0.0525. The summed E-state index contributed by atoms with van der Waals surface area (Å²) in [6.45, 7) is 7.86. The maximum Gasteiger partial charge on any atom is 0.338 e. The molecular formula is C30H35NO5S2Si. The number of hydrogen-bond donors (Lipinski definition) is 1. The van der Waals surface area contributed by atoms with E-state index in [4.69, 9.17) is 9.47 Å². The maximum atomic E-state index is 12.9. The van der Waals surface area contributed by atoms with Crippen molar-refractivity contribution in [1.29, 1.82) is 0 Å². The van der Waals surface area contributed by atoms with Crippen molar-refractivity contribution in [2.24, 2.45) is 0 Å². The van der Waals surface area contributed by atoms with Crippen LogP contribution in [-0.2, 0) is 21.4 Å². The molecule has 1 heterocycles. The molecule has 206 valence electrons. The summed E-state index contributed by atoms with van der Waals surface area (Å²) < 4.78 is 39.4. The monoisotopic (exact) mass is 581 g/mol. The van der Waals surface area contributed by atoms with E-state index in [0.29, 0.717) is 30.3 Å². The number of carbonyl (C=O) groups is 1. The zero-order valence-electron chi connectivity index (χ0n) is 22.6. The van der Waals surface area contributed by atoms with Gasteiger partial charge in [-0.2, -0.15) is 0 Å². The zero-order chi connectivity index (χ0) is 27.9. The number of rotatable bonds is 11. The van der Waals surface area contributed by atoms with E-state index in [1.54, 1.807) is 23.9 Å². The standard InChI is InChI=1S/C30H35NO5S2Si/c1-39(2,3)20-17-35-30(32)24-13-14-28-27(21-24)29(26-12-8-7-11-25(26)22-36-28)37-18-16-31-38(33,34)19-15-23-9-5-4-6-10-23/h4-15,19,21,29,31H,16-18,20,22H2,1-3H3/b19-15+. The third-order valence-electron chi connectivity index (χ3n) is 6.26. The van der Waals surface area contributed by atoms with E-state index in [9.17, 15) is 13.2 Å². The molecule has 0 radical (unpaired) electrons. The van der Waals surface area contributed by atoms with E-state index in [0.717, 1.165) is 28.3 Å². The quantitative estimate of drug-likeness (QED) is 0.158. The molecule has 9 heteroatoms. The van der Waals surface area contributed by atoms with Gasteiger partial charge in [0.15, 0.2) is 0 Å². The highest BCUT2D eigenvalue weighted by Crippen LogP contribution is 2.44. The fourth-order valence-corrected chi connectivity index (χ4v) is 7.00. The van der Waals surface area contributed by atoms with Crippen molar-refractivity contribution in [1.82, 2.24) is 4.72 Å². The highest BCUT2D eigenvalue weighted by molar-refractivity contribution is 7.99. The topological polar surface area (TPSA) is 81.7 Å². The number of benzene rings is 3. The van der Waals surface area contributed by atoms with Gasteiger partial charge in [0.25, 0.3) is 0 Å². The highest BCUT2D eigenvalue weighted by atomic mass is 32.2. The molecule has 0 aromatic heterocycles. The van der Waals surface area contributed by atoms with E-state index in [2.05, 4.69) is 30.4 Å². The molecule has 39 heavy (non-hydrogen) atoms. The summed E-state index contributed by atoms with van der Waals surface area (Å²) in [5, 5.41) is 1.06. The van der Waals surface area contributed by atoms with Crippen LogP contribution in [0.5, 0.6) is 5.75 Å². The van der Waals surface area contributed by atoms with Crippen LogP contribution in [0, 0.1) is 0 Å². The number of ether oxygens (including phenoxy) is 2. The predicted octanol–water partition coefficient (Wildman–Crippen LogP) is 6.49. The average Bonchev–Trinajstić information content (AvgIpc) is 3.06. The third-order valence-corrected chi connectivity index (χ3v) is 10.3. The van der Waals surface area contributed by atoms with Crippen LogP contribution in [0.15, 0.2) is 78.2 Å². The number of sulfonamides is 1. The lowest BCUT2D eigenvalue weighted by atomic mass is 9.98. The van der Waals surface area contributed by atoms with Crippen LogP contribution in [0.1, 0.15) is 37.9 Å². The van der Waals surface area contributed by atoms with Gasteiger partial charge >= 0.3 is 5.97 Å². The summed E-state index contributed by atoms with van der Waals surface area (Å²) in [4.78, 5) is 12.9. The smallest absolute Gasteiger partial charge is 0.338 e. The minimum Gasteiger partial charge on any atom is -0.489 e. The fourth-order valence-electron chi connectivity index (χ4n) is 4.11. The molecule has 6 nitrogen and oxygen atoms in total. The molecule has 1 aliphatic heterocycles. The molecule has 3 aromatic rings. The van der Waals surface area contributed by atoms with Crippen molar-refractivity contribution in [3.63, 3.8) is 0 Å². The molecular weight excluding hydrogens is 547 g/mol. The van der Waals surface area contributed by atoms with E-state index in [1.807, 2.05) is 60.7 Å². The van der Waals surface area contributed by atoms with Crippen molar-refractivity contribution in [2.45, 2.75) is 37.5 Å². The molecule has 1 atom stereocenters. The summed E-state index contributed by atoms with van der Waals surface area (Å²) in [7, 11) is -4.89. The molecule has 0 fully saturated rings. The molecule has 0 aliphatic carbocycles. The van der Waals surface area contributed by atoms with Crippen LogP contribution in [0.4, 0.5) is 0 Å². The van der Waals surface area contributed by atoms with Crippen LogP contribution in [-0.4, -0.2) is 41.4 Å². The molecule has 1 aliphatic rings. The number of carbonyl (C=O) groups excluding carboxylic acids is 1. The molecule has 0 spiro atoms. The minimum absolute atomic E-state index is 0.127. The number of nitrogens with one attached hydrogen (secondary N) is 1. The largest absolute Gasteiger partial charge is 0.489 e. The van der Waals surface area contributed by atoms with Gasteiger partial charge in [-0.15, -0.1) is 11.8 Å². The summed E-state index contributed by atoms with van der Waals surface area (Å²) >= 11 is 1.62. The van der Waals surface area contributed by atoms with Crippen molar-refractivity contribution in [2.75, 3.05) is 18.9 Å². The molecule has 4 rings (SSSR count). The van der Waals surface area contributed by atoms with Crippen molar-refractivity contribution < 1.29 is 22.7 Å². The first-order valence-electron chi connectivity index (χ1n) is 13.0. The second-order valence-electron chi connectivity index (χ2n) is 10.6. The maximum absolute atomic E-state index is 12.9. The number of hydrogen-bond acceptors (Lipinski definition) is 6. The van der Waals surface area contributed by atoms with Gasteiger partial charge < -0.3 is 9.47 Å². The van der Waals surface area contributed by atoms with E-state index >= 15 is 0 Å². The van der Waals surface area contributed by atoms with Gasteiger partial charge in [-0.05, 0) is 47.0 Å². The molecule has 1 unspecified atom stereocenters. The Balaban J connectivity index is 1.47. The third kappa shape index (κ3) is 8.56. The SMILES string of the molecule is C[Si](C)(C)CCOC(=O)c1ccc2c(c1)C(SCCNS(=O)(=O)/C=C/c1ccccc1)c1ccccc1CO2. The first-order valence-corrected chi connectivity index (χ1v) is 19.3. The van der Waals surface area contributed by atoms with Crippen LogP contribution in [0.3, 0.4) is 0 Å². The Bertz CT molecular complexity index is 1420. The molecule has 3 aromatic carbocycles. The predicted molar refractivity (Wildman–Crippen MR) is 162 cm³/mol. The second-order valence-corrected chi connectivity index (χ2v) is 19.1. The Hall–Kier alpha value is -2.85. The summed E-state index contributed by atoms with van der Waals surface area (Å²) in [6, 6.07) is 23.7. The Morgan fingerprint density at radius 1 is 1.05 bits per heavy atom. The Labute approximate surface area is 236 Å². The van der Waals surface area contributed by atoms with Gasteiger partial charge in [-0.3, -0.25) is 0 Å². The van der Waals surface area contributed by atoms with Gasteiger partial charge in [0.1, 0.15) is 12.4 Å². The van der Waals surface area contributed by atoms with E-state index in [-0.39, 0.29) is 17.8 Å². The van der Waals surface area contributed by atoms with Gasteiger partial charge in [0.2, 0.25) is 10.0 Å². The van der Waals surface area contributed by atoms with E-state index < -0.39 is 18.1 Å². The number of esters is 1. The highest BCUT2D eigenvalue weighted by Gasteiger charge is 2.26. The lowest BCUT2D eigenvalue weighted by Gasteiger charge is -2.20. The van der Waals surface area contributed by atoms with Crippen molar-refractivity contribution in [3.8, 4) is 5.75 Å². The average molecular weight is 582 g/mol. The molecule has 1 N–H and O–H groups in total. The van der Waals surface area contributed by atoms with E-state index in [1.165, 1.54) is 5.41 Å². The normalized spacial score (nSPS) is 15.2. The first kappa shape index (κ1) is 29.1. The van der Waals surface area contributed by atoms with Crippen molar-refractivity contribution >= 4 is 41.9 Å². The van der Waals surface area contributed by atoms with Gasteiger partial charge in [-0.25, -0.2) is 17.9 Å². The van der Waals surface area contributed by atoms with Gasteiger partial charge in [0.05, 0.1) is 17.4 Å². The molecule has 0 amide bonds. The first-order chi connectivity index (χ1) is 18.6. The van der Waals surface area contributed by atoms with Gasteiger partial charge in [0, 0.05) is 31.3 Å².